The molecular formula is C63H41NO. The fraction of sp³-hybridized carbons (Fsp3) is 0.0159. The molecule has 0 unspecified atom stereocenters. The van der Waals surface area contributed by atoms with Crippen LogP contribution >= 0.6 is 0 Å². The number of benzene rings is 11. The van der Waals surface area contributed by atoms with Gasteiger partial charge in [-0.3, -0.25) is 0 Å². The second kappa shape index (κ2) is 14.8. The lowest BCUT2D eigenvalue weighted by atomic mass is 9.67. The van der Waals surface area contributed by atoms with Crippen molar-refractivity contribution in [2.75, 3.05) is 4.90 Å². The summed E-state index contributed by atoms with van der Waals surface area (Å²) < 4.78 is 6.97. The zero-order valence-corrected chi connectivity index (χ0v) is 35.5. The van der Waals surface area contributed by atoms with Gasteiger partial charge >= 0.3 is 0 Å². The smallest absolute Gasteiger partial charge is 0.143 e. The molecule has 0 saturated carbocycles. The first-order chi connectivity index (χ1) is 32.2. The molecule has 11 aromatic carbocycles. The minimum atomic E-state index is -0.514. The van der Waals surface area contributed by atoms with Crippen LogP contribution < -0.4 is 4.90 Å². The van der Waals surface area contributed by atoms with Crippen molar-refractivity contribution in [3.05, 3.63) is 271 Å². The monoisotopic (exact) mass is 827 g/mol. The molecule has 0 saturated heterocycles. The molecule has 1 aliphatic rings. The van der Waals surface area contributed by atoms with Gasteiger partial charge in [-0.1, -0.05) is 206 Å². The van der Waals surface area contributed by atoms with Crippen molar-refractivity contribution >= 4 is 60.5 Å². The Morgan fingerprint density at radius 2 is 0.831 bits per heavy atom. The average molecular weight is 828 g/mol. The molecule has 0 atom stereocenters. The van der Waals surface area contributed by atoms with Gasteiger partial charge in [0.25, 0.3) is 0 Å². The largest absolute Gasteiger partial charge is 0.455 e. The van der Waals surface area contributed by atoms with Crippen LogP contribution in [0.15, 0.2) is 253 Å². The van der Waals surface area contributed by atoms with Crippen molar-refractivity contribution in [2.45, 2.75) is 5.41 Å². The summed E-state index contributed by atoms with van der Waals surface area (Å²) in [5.74, 6) is 0. The minimum Gasteiger partial charge on any atom is -0.455 e. The molecule has 1 heterocycles. The topological polar surface area (TPSA) is 16.4 Å². The molecule has 304 valence electrons. The normalized spacial score (nSPS) is 12.7. The predicted octanol–water partition coefficient (Wildman–Crippen LogP) is 17.1. The summed E-state index contributed by atoms with van der Waals surface area (Å²) in [7, 11) is 0. The molecule has 0 N–H and O–H groups in total. The lowest BCUT2D eigenvalue weighted by Crippen LogP contribution is -2.28. The van der Waals surface area contributed by atoms with E-state index in [0.717, 1.165) is 55.5 Å². The van der Waals surface area contributed by atoms with Crippen LogP contribution in [0.3, 0.4) is 0 Å². The van der Waals surface area contributed by atoms with Crippen molar-refractivity contribution in [3.8, 4) is 33.4 Å². The Morgan fingerprint density at radius 1 is 0.308 bits per heavy atom. The van der Waals surface area contributed by atoms with Gasteiger partial charge in [-0.25, -0.2) is 0 Å². The van der Waals surface area contributed by atoms with E-state index < -0.39 is 5.41 Å². The van der Waals surface area contributed by atoms with Gasteiger partial charge in [0, 0.05) is 38.8 Å². The van der Waals surface area contributed by atoms with E-state index in [1.54, 1.807) is 0 Å². The molecular weight excluding hydrogens is 787 g/mol. The van der Waals surface area contributed by atoms with E-state index in [0.29, 0.717) is 0 Å². The van der Waals surface area contributed by atoms with Gasteiger partial charge in [0.1, 0.15) is 11.2 Å². The SMILES string of the molecule is c1ccc(-c2ccc(N(c3ccc(-c4cccc5c4oc4c5ccc5ccc6ccccc6c54)cc3)c3ccc4c(c3)C(c3ccccc3)(c3ccccc3)c3ccccc3-4)cc2)cc1. The Labute approximate surface area is 377 Å². The first kappa shape index (κ1) is 37.1. The predicted molar refractivity (Wildman–Crippen MR) is 272 cm³/mol. The van der Waals surface area contributed by atoms with Crippen LogP contribution in [0.2, 0.25) is 0 Å². The summed E-state index contributed by atoms with van der Waals surface area (Å²) in [6, 6.07) is 90.7. The number of furan rings is 1. The Balaban J connectivity index is 0.985. The molecule has 1 aliphatic carbocycles. The van der Waals surface area contributed by atoms with Crippen LogP contribution in [0.5, 0.6) is 0 Å². The second-order valence-corrected chi connectivity index (χ2v) is 17.2. The molecule has 1 aromatic heterocycles. The molecule has 65 heavy (non-hydrogen) atoms. The molecule has 0 bridgehead atoms. The lowest BCUT2D eigenvalue weighted by Gasteiger charge is -2.35. The Kier molecular flexibility index (Phi) is 8.47. The number of anilines is 3. The first-order valence-electron chi connectivity index (χ1n) is 22.4. The molecule has 12 aromatic rings. The summed E-state index contributed by atoms with van der Waals surface area (Å²) >= 11 is 0. The van der Waals surface area contributed by atoms with E-state index in [4.69, 9.17) is 4.42 Å². The van der Waals surface area contributed by atoms with Crippen LogP contribution in [-0.4, -0.2) is 0 Å². The third-order valence-corrected chi connectivity index (χ3v) is 13.7. The van der Waals surface area contributed by atoms with Gasteiger partial charge in [0.15, 0.2) is 0 Å². The van der Waals surface area contributed by atoms with E-state index in [9.17, 15) is 0 Å². The molecule has 0 aliphatic heterocycles. The molecule has 2 heteroatoms. The third kappa shape index (κ3) is 5.74. The highest BCUT2D eigenvalue weighted by atomic mass is 16.3. The van der Waals surface area contributed by atoms with Crippen molar-refractivity contribution in [3.63, 3.8) is 0 Å². The average Bonchev–Trinajstić information content (AvgIpc) is 3.92. The summed E-state index contributed by atoms with van der Waals surface area (Å²) in [4.78, 5) is 2.40. The van der Waals surface area contributed by atoms with E-state index >= 15 is 0 Å². The minimum absolute atomic E-state index is 0.514. The van der Waals surface area contributed by atoms with Gasteiger partial charge in [-0.15, -0.1) is 0 Å². The Bertz CT molecular complexity index is 3700. The highest BCUT2D eigenvalue weighted by Crippen LogP contribution is 2.57. The zero-order chi connectivity index (χ0) is 42.9. The maximum absolute atomic E-state index is 6.97. The standard InChI is InChI=1S/C63H41NO/c1-4-15-42(16-5-1)43-29-34-49(35-30-43)64(51-38-40-55-54-23-12-13-26-58(54)63(59(55)41-51,47-18-6-2-7-19-47)48-20-8-3-9-21-48)50-36-31-45(32-37-50)53-24-14-25-56-57-39-33-46-28-27-44-17-10-11-22-52(44)60(46)62(57)65-61(53)56/h1-41H. The van der Waals surface area contributed by atoms with Gasteiger partial charge in [-0.05, 0) is 109 Å². The third-order valence-electron chi connectivity index (χ3n) is 13.7. The molecule has 2 nitrogen and oxygen atoms in total. The summed E-state index contributed by atoms with van der Waals surface area (Å²) in [5, 5.41) is 7.01. The van der Waals surface area contributed by atoms with E-state index in [-0.39, 0.29) is 0 Å². The molecule has 0 amide bonds. The summed E-state index contributed by atoms with van der Waals surface area (Å²) in [6.07, 6.45) is 0. The van der Waals surface area contributed by atoms with Crippen LogP contribution in [0, 0.1) is 0 Å². The highest BCUT2D eigenvalue weighted by Gasteiger charge is 2.46. The van der Waals surface area contributed by atoms with Crippen LogP contribution in [0.25, 0.3) is 76.9 Å². The van der Waals surface area contributed by atoms with E-state index in [2.05, 4.69) is 254 Å². The van der Waals surface area contributed by atoms with Crippen LogP contribution in [0.1, 0.15) is 22.3 Å². The van der Waals surface area contributed by atoms with Crippen molar-refractivity contribution in [1.29, 1.82) is 0 Å². The number of rotatable bonds is 7. The van der Waals surface area contributed by atoms with Crippen molar-refractivity contribution < 1.29 is 4.42 Å². The quantitative estimate of drug-likeness (QED) is 0.149. The van der Waals surface area contributed by atoms with E-state index in [1.165, 1.54) is 60.7 Å². The number of hydrogen-bond acceptors (Lipinski definition) is 2. The van der Waals surface area contributed by atoms with Crippen LogP contribution in [-0.2, 0) is 5.41 Å². The second-order valence-electron chi connectivity index (χ2n) is 17.2. The van der Waals surface area contributed by atoms with Gasteiger partial charge in [-0.2, -0.15) is 0 Å². The van der Waals surface area contributed by atoms with Crippen LogP contribution in [0.4, 0.5) is 17.1 Å². The number of hydrogen-bond donors (Lipinski definition) is 0. The number of nitrogens with zero attached hydrogens (tertiary/aromatic N) is 1. The molecule has 13 rings (SSSR count). The molecule has 0 spiro atoms. The van der Waals surface area contributed by atoms with Crippen molar-refractivity contribution in [1.82, 2.24) is 0 Å². The summed E-state index contributed by atoms with van der Waals surface area (Å²) in [5.41, 5.74) is 16.7. The number of fused-ring (bicyclic) bond motifs is 10. The van der Waals surface area contributed by atoms with E-state index in [1.807, 2.05) is 0 Å². The van der Waals surface area contributed by atoms with Crippen molar-refractivity contribution in [2.24, 2.45) is 0 Å². The first-order valence-corrected chi connectivity index (χ1v) is 22.4. The highest BCUT2D eigenvalue weighted by molar-refractivity contribution is 6.24. The Hall–Kier alpha value is -8.46. The van der Waals surface area contributed by atoms with Gasteiger partial charge in [0.2, 0.25) is 0 Å². The maximum atomic E-state index is 6.97. The fourth-order valence-corrected chi connectivity index (χ4v) is 10.8. The molecule has 0 fully saturated rings. The zero-order valence-electron chi connectivity index (χ0n) is 35.5. The molecule has 0 radical (unpaired) electrons. The Morgan fingerprint density at radius 3 is 1.57 bits per heavy atom. The fourth-order valence-electron chi connectivity index (χ4n) is 10.8. The summed E-state index contributed by atoms with van der Waals surface area (Å²) in [6.45, 7) is 0. The van der Waals surface area contributed by atoms with Gasteiger partial charge in [0.05, 0.1) is 5.41 Å². The van der Waals surface area contributed by atoms with Gasteiger partial charge < -0.3 is 9.32 Å². The lowest BCUT2D eigenvalue weighted by molar-refractivity contribution is 0.674. The maximum Gasteiger partial charge on any atom is 0.143 e. The number of para-hydroxylation sites is 1.